The first kappa shape index (κ1) is 18.9. The van der Waals surface area contributed by atoms with Crippen molar-refractivity contribution in [2.45, 2.75) is 47.0 Å². The van der Waals surface area contributed by atoms with Crippen LogP contribution in [0.2, 0.25) is 0 Å². The minimum absolute atomic E-state index is 0.000360. The van der Waals surface area contributed by atoms with Gasteiger partial charge in [-0.25, -0.2) is 9.97 Å². The molecule has 0 spiro atoms. The number of para-hydroxylation sites is 1. The molecule has 0 bridgehead atoms. The fourth-order valence-electron chi connectivity index (χ4n) is 2.85. The first-order valence-electron chi connectivity index (χ1n) is 9.07. The zero-order valence-electron chi connectivity index (χ0n) is 15.7. The van der Waals surface area contributed by atoms with E-state index in [0.717, 1.165) is 43.6 Å². The summed E-state index contributed by atoms with van der Waals surface area (Å²) in [5.41, 5.74) is 3.96. The third-order valence-corrected chi connectivity index (χ3v) is 4.15. The standard InChI is InChI=1S/C20H28N4O/c1-5-11-24(12-6-2)19(25)17-13-21-20(22-14-17)23-18-15(4)9-8-10-16(18)7-3/h8-10,13-14H,5-7,11-12H2,1-4H3,(H,21,22,23). The number of anilines is 2. The molecule has 1 N–H and O–H groups in total. The van der Waals surface area contributed by atoms with E-state index in [9.17, 15) is 4.79 Å². The molecule has 2 rings (SSSR count). The number of nitrogens with one attached hydrogen (secondary N) is 1. The van der Waals surface area contributed by atoms with Crippen LogP contribution in [0.15, 0.2) is 30.6 Å². The van der Waals surface area contributed by atoms with Gasteiger partial charge in [0.15, 0.2) is 0 Å². The van der Waals surface area contributed by atoms with Gasteiger partial charge in [0.1, 0.15) is 0 Å². The number of benzene rings is 1. The number of rotatable bonds is 8. The molecule has 5 heteroatoms. The summed E-state index contributed by atoms with van der Waals surface area (Å²) in [5.74, 6) is 0.512. The maximum Gasteiger partial charge on any atom is 0.256 e. The largest absolute Gasteiger partial charge is 0.339 e. The van der Waals surface area contributed by atoms with Gasteiger partial charge in [-0.05, 0) is 37.3 Å². The van der Waals surface area contributed by atoms with Crippen LogP contribution in [0, 0.1) is 6.92 Å². The van der Waals surface area contributed by atoms with Gasteiger partial charge in [-0.3, -0.25) is 4.79 Å². The van der Waals surface area contributed by atoms with Crippen LogP contribution in [0.1, 0.15) is 55.1 Å². The summed E-state index contributed by atoms with van der Waals surface area (Å²) in [6, 6.07) is 6.21. The monoisotopic (exact) mass is 340 g/mol. The Hall–Kier alpha value is -2.43. The smallest absolute Gasteiger partial charge is 0.256 e. The molecule has 5 nitrogen and oxygen atoms in total. The van der Waals surface area contributed by atoms with E-state index < -0.39 is 0 Å². The van der Waals surface area contributed by atoms with Gasteiger partial charge in [-0.1, -0.05) is 39.0 Å². The lowest BCUT2D eigenvalue weighted by molar-refractivity contribution is 0.0754. The lowest BCUT2D eigenvalue weighted by Crippen LogP contribution is -2.32. The Labute approximate surface area is 150 Å². The van der Waals surface area contributed by atoms with Crippen LogP contribution in [0.3, 0.4) is 0 Å². The van der Waals surface area contributed by atoms with E-state index in [0.29, 0.717) is 11.5 Å². The van der Waals surface area contributed by atoms with Crippen molar-refractivity contribution in [2.75, 3.05) is 18.4 Å². The van der Waals surface area contributed by atoms with Gasteiger partial charge in [0.05, 0.1) is 5.56 Å². The third-order valence-electron chi connectivity index (χ3n) is 4.15. The van der Waals surface area contributed by atoms with Crippen molar-refractivity contribution < 1.29 is 4.79 Å². The van der Waals surface area contributed by atoms with Crippen molar-refractivity contribution in [2.24, 2.45) is 0 Å². The van der Waals surface area contributed by atoms with Gasteiger partial charge >= 0.3 is 0 Å². The fraction of sp³-hybridized carbons (Fsp3) is 0.450. The topological polar surface area (TPSA) is 58.1 Å². The molecular formula is C20H28N4O. The molecule has 1 amide bonds. The van der Waals surface area contributed by atoms with Gasteiger partial charge < -0.3 is 10.2 Å². The van der Waals surface area contributed by atoms with Crippen molar-refractivity contribution in [3.63, 3.8) is 0 Å². The predicted octanol–water partition coefficient (Wildman–Crippen LogP) is 4.35. The molecule has 0 aliphatic carbocycles. The summed E-state index contributed by atoms with van der Waals surface area (Å²) in [7, 11) is 0. The number of amides is 1. The summed E-state index contributed by atoms with van der Waals surface area (Å²) in [4.78, 5) is 23.1. The molecule has 134 valence electrons. The fourth-order valence-corrected chi connectivity index (χ4v) is 2.85. The van der Waals surface area contributed by atoms with Crippen molar-refractivity contribution in [1.82, 2.24) is 14.9 Å². The van der Waals surface area contributed by atoms with E-state index in [4.69, 9.17) is 0 Å². The summed E-state index contributed by atoms with van der Waals surface area (Å²) in [6.45, 7) is 9.86. The van der Waals surface area contributed by atoms with Gasteiger partial charge in [0, 0.05) is 31.2 Å². The third kappa shape index (κ3) is 4.78. The highest BCUT2D eigenvalue weighted by Gasteiger charge is 2.15. The minimum Gasteiger partial charge on any atom is -0.339 e. The first-order chi connectivity index (χ1) is 12.1. The highest BCUT2D eigenvalue weighted by molar-refractivity contribution is 5.93. The Kier molecular flexibility index (Phi) is 6.92. The van der Waals surface area contributed by atoms with Gasteiger partial charge in [-0.2, -0.15) is 0 Å². The maximum atomic E-state index is 12.6. The molecule has 0 aliphatic heterocycles. The number of hydrogen-bond acceptors (Lipinski definition) is 4. The Bertz CT molecular complexity index is 691. The average Bonchev–Trinajstić information content (AvgIpc) is 2.63. The Morgan fingerprint density at radius 3 is 2.28 bits per heavy atom. The molecule has 0 saturated heterocycles. The number of carbonyl (C=O) groups is 1. The molecule has 0 aliphatic rings. The average molecular weight is 340 g/mol. The molecule has 1 aromatic heterocycles. The second-order valence-corrected chi connectivity index (χ2v) is 6.18. The number of nitrogens with zero attached hydrogens (tertiary/aromatic N) is 3. The van der Waals surface area contributed by atoms with Crippen LogP contribution in [0.5, 0.6) is 0 Å². The Balaban J connectivity index is 2.16. The molecule has 0 fully saturated rings. The van der Waals surface area contributed by atoms with Crippen LogP contribution < -0.4 is 5.32 Å². The summed E-state index contributed by atoms with van der Waals surface area (Å²) in [6.07, 6.45) is 6.04. The van der Waals surface area contributed by atoms with Crippen molar-refractivity contribution in [3.05, 3.63) is 47.3 Å². The molecule has 2 aromatic rings. The number of aryl methyl sites for hydroxylation is 2. The van der Waals surface area contributed by atoms with Gasteiger partial charge in [0.25, 0.3) is 5.91 Å². The van der Waals surface area contributed by atoms with E-state index in [-0.39, 0.29) is 5.91 Å². The number of carbonyl (C=O) groups excluding carboxylic acids is 1. The van der Waals surface area contributed by atoms with Crippen molar-refractivity contribution in [3.8, 4) is 0 Å². The highest BCUT2D eigenvalue weighted by Crippen LogP contribution is 2.23. The number of aromatic nitrogens is 2. The van der Waals surface area contributed by atoms with E-state index in [1.54, 1.807) is 12.4 Å². The predicted molar refractivity (Wildman–Crippen MR) is 102 cm³/mol. The van der Waals surface area contributed by atoms with Gasteiger partial charge in [-0.15, -0.1) is 0 Å². The van der Waals surface area contributed by atoms with Crippen LogP contribution in [-0.4, -0.2) is 33.9 Å². The minimum atomic E-state index is 0.000360. The van der Waals surface area contributed by atoms with Crippen LogP contribution >= 0.6 is 0 Å². The second-order valence-electron chi connectivity index (χ2n) is 6.18. The molecule has 1 aromatic carbocycles. The zero-order chi connectivity index (χ0) is 18.2. The normalized spacial score (nSPS) is 10.6. The number of hydrogen-bond donors (Lipinski definition) is 1. The Morgan fingerprint density at radius 1 is 1.08 bits per heavy atom. The van der Waals surface area contributed by atoms with Gasteiger partial charge in [0.2, 0.25) is 5.95 Å². The lowest BCUT2D eigenvalue weighted by Gasteiger charge is -2.21. The van der Waals surface area contributed by atoms with Crippen molar-refractivity contribution in [1.29, 1.82) is 0 Å². The summed E-state index contributed by atoms with van der Waals surface area (Å²) in [5, 5.41) is 3.29. The van der Waals surface area contributed by atoms with E-state index in [2.05, 4.69) is 61.2 Å². The molecule has 0 radical (unpaired) electrons. The van der Waals surface area contributed by atoms with E-state index >= 15 is 0 Å². The van der Waals surface area contributed by atoms with Crippen LogP contribution in [0.4, 0.5) is 11.6 Å². The molecule has 1 heterocycles. The molecule has 0 atom stereocenters. The quantitative estimate of drug-likeness (QED) is 0.776. The first-order valence-corrected chi connectivity index (χ1v) is 9.07. The lowest BCUT2D eigenvalue weighted by atomic mass is 10.1. The molecular weight excluding hydrogens is 312 g/mol. The van der Waals surface area contributed by atoms with Crippen molar-refractivity contribution >= 4 is 17.5 Å². The maximum absolute atomic E-state index is 12.6. The second kappa shape index (κ2) is 9.16. The van der Waals surface area contributed by atoms with E-state index in [1.165, 1.54) is 5.56 Å². The zero-order valence-corrected chi connectivity index (χ0v) is 15.7. The molecule has 0 saturated carbocycles. The Morgan fingerprint density at radius 2 is 1.72 bits per heavy atom. The summed E-state index contributed by atoms with van der Waals surface area (Å²) >= 11 is 0. The van der Waals surface area contributed by atoms with E-state index in [1.807, 2.05) is 4.90 Å². The highest BCUT2D eigenvalue weighted by atomic mass is 16.2. The SMILES string of the molecule is CCCN(CCC)C(=O)c1cnc(Nc2c(C)cccc2CC)nc1. The molecule has 25 heavy (non-hydrogen) atoms. The van der Waals surface area contributed by atoms with Crippen LogP contribution in [0.25, 0.3) is 0 Å². The summed E-state index contributed by atoms with van der Waals surface area (Å²) < 4.78 is 0. The molecule has 0 unspecified atom stereocenters. The van der Waals surface area contributed by atoms with Crippen LogP contribution in [-0.2, 0) is 6.42 Å².